The van der Waals surface area contributed by atoms with Gasteiger partial charge in [-0.1, -0.05) is 66.8 Å². The van der Waals surface area contributed by atoms with Gasteiger partial charge in [0, 0.05) is 6.42 Å². The summed E-state index contributed by atoms with van der Waals surface area (Å²) in [6.07, 6.45) is 6.26. The van der Waals surface area contributed by atoms with Crippen LogP contribution in [-0.4, -0.2) is 59.9 Å². The predicted octanol–water partition coefficient (Wildman–Crippen LogP) is 4.17. The number of fused-ring (bicyclic) bond motifs is 8. The smallest absolute Gasteiger partial charge is 0.678 e. The number of aromatic nitrogens is 2. The summed E-state index contributed by atoms with van der Waals surface area (Å²) in [5, 5.41) is 23.7. The number of aliphatic hydroxyl groups is 1. The van der Waals surface area contributed by atoms with Crippen LogP contribution in [0.2, 0.25) is 0 Å². The fraction of sp³-hybridized carbons (Fsp3) is 0.444. The first kappa shape index (κ1) is 33.9. The first-order valence-electron chi connectivity index (χ1n) is 15.8. The van der Waals surface area contributed by atoms with Crippen LogP contribution in [0, 0.1) is 25.7 Å². The topological polar surface area (TPSA) is 129 Å². The SMILES string of the molecule is CCOC(=O)CCC1=C2[N-]/C(=C\C3=C(C)[C@@H](C)C(/C=c4\[n-]/c(c(CC)c4C)=C\c4[n-]c5c(c4C)[C@@H](O)C(C(=O)OC)=C25)[N-]3)[C@H]1C.[Mg+2]. The zero-order chi connectivity index (χ0) is 32.3. The number of allylic oxidation sites excluding steroid dienone is 3. The minimum atomic E-state index is -1.24. The van der Waals surface area contributed by atoms with Crippen LogP contribution in [0.25, 0.3) is 28.4 Å². The van der Waals surface area contributed by atoms with Gasteiger partial charge in [-0.05, 0) is 63.5 Å². The molecule has 10 heteroatoms. The maximum absolute atomic E-state index is 13.3. The van der Waals surface area contributed by atoms with E-state index in [4.69, 9.17) is 30.1 Å². The summed E-state index contributed by atoms with van der Waals surface area (Å²) in [5.74, 6) is -0.950. The van der Waals surface area contributed by atoms with Crippen LogP contribution >= 0.6 is 0 Å². The molecule has 0 aromatic carbocycles. The molecule has 238 valence electrons. The van der Waals surface area contributed by atoms with Gasteiger partial charge in [0.1, 0.15) is 6.10 Å². The van der Waals surface area contributed by atoms with Crippen molar-refractivity contribution < 1.29 is 24.2 Å². The molecular weight excluding hydrogens is 593 g/mol. The molecule has 9 nitrogen and oxygen atoms in total. The standard InChI is InChI=1S/C36H41N4O5.Mg/c1-9-21-18(5)25-13-23-16(3)17(4)24(37-23)14-26-19(6)22(11-12-29(41)45-10-2)33(39-26)31-32(36(43)44-8)35(42)30-20(7)27(40-34(30)31)15-28(21)38-25;/h13-16,19,23,35,42H,9-12H2,1-8H3,(H-,38,40,43);/q-3;+2/p-1/b25-13-,26-14-;/t16-,19+,23?,35-;/m1./s1. The van der Waals surface area contributed by atoms with E-state index in [9.17, 15) is 14.7 Å². The van der Waals surface area contributed by atoms with Crippen LogP contribution in [-0.2, 0) is 25.5 Å². The molecule has 2 aromatic rings. The molecular formula is C36H40MgN4O5-2. The van der Waals surface area contributed by atoms with E-state index in [1.165, 1.54) is 7.11 Å². The summed E-state index contributed by atoms with van der Waals surface area (Å²) in [7, 11) is 1.30. The molecule has 5 heterocycles. The number of carbonyl (C=O) groups excluding carboxylic acids is 2. The zero-order valence-corrected chi connectivity index (χ0v) is 29.4. The van der Waals surface area contributed by atoms with Crippen LogP contribution in [0.1, 0.15) is 87.2 Å². The Bertz CT molecular complexity index is 1870. The minimum absolute atomic E-state index is 0. The van der Waals surface area contributed by atoms with Crippen LogP contribution in [0.3, 0.4) is 0 Å². The Labute approximate surface area is 286 Å². The number of ether oxygens (including phenoxy) is 2. The molecule has 0 spiro atoms. The van der Waals surface area contributed by atoms with Crippen LogP contribution < -0.4 is 20.7 Å². The van der Waals surface area contributed by atoms with Crippen molar-refractivity contribution >= 4 is 52.7 Å². The molecule has 0 amide bonds. The molecule has 8 bridgehead atoms. The van der Waals surface area contributed by atoms with Crippen molar-refractivity contribution in [3.05, 3.63) is 94.9 Å². The van der Waals surface area contributed by atoms with E-state index in [-0.39, 0.29) is 58.9 Å². The quantitative estimate of drug-likeness (QED) is 0.374. The Kier molecular flexibility index (Phi) is 9.55. The second-order valence-electron chi connectivity index (χ2n) is 12.3. The molecule has 0 saturated heterocycles. The number of hydrogen-bond donors (Lipinski definition) is 1. The van der Waals surface area contributed by atoms with Crippen molar-refractivity contribution in [3.63, 3.8) is 0 Å². The normalized spacial score (nSPS) is 25.5. The fourth-order valence-corrected chi connectivity index (χ4v) is 7.06. The average Bonchev–Trinajstić information content (AvgIpc) is 3.74. The van der Waals surface area contributed by atoms with Crippen LogP contribution in [0.15, 0.2) is 39.9 Å². The van der Waals surface area contributed by atoms with Gasteiger partial charge in [-0.15, -0.1) is 39.6 Å². The molecule has 1 aliphatic carbocycles. The molecule has 0 saturated carbocycles. The molecule has 4 aliphatic rings. The van der Waals surface area contributed by atoms with Crippen LogP contribution in [0.4, 0.5) is 0 Å². The number of rotatable bonds is 6. The van der Waals surface area contributed by atoms with Gasteiger partial charge in [0.2, 0.25) is 0 Å². The second-order valence-corrected chi connectivity index (χ2v) is 12.3. The van der Waals surface area contributed by atoms with E-state index < -0.39 is 12.1 Å². The molecule has 4 atom stereocenters. The summed E-state index contributed by atoms with van der Waals surface area (Å²) in [4.78, 5) is 35.9. The molecule has 3 aliphatic heterocycles. The molecule has 0 fully saturated rings. The third kappa shape index (κ3) is 5.38. The van der Waals surface area contributed by atoms with Crippen molar-refractivity contribution in [2.45, 2.75) is 79.9 Å². The van der Waals surface area contributed by atoms with Crippen molar-refractivity contribution in [2.75, 3.05) is 13.7 Å². The van der Waals surface area contributed by atoms with Gasteiger partial charge in [0.05, 0.1) is 19.3 Å². The van der Waals surface area contributed by atoms with Gasteiger partial charge >= 0.3 is 35.0 Å². The Hall–Kier alpha value is -3.47. The number of carbonyl (C=O) groups is 2. The van der Waals surface area contributed by atoms with E-state index >= 15 is 0 Å². The van der Waals surface area contributed by atoms with Crippen molar-refractivity contribution in [1.29, 1.82) is 0 Å². The van der Waals surface area contributed by atoms with E-state index in [0.717, 1.165) is 56.3 Å². The third-order valence-corrected chi connectivity index (χ3v) is 9.90. The molecule has 46 heavy (non-hydrogen) atoms. The minimum Gasteiger partial charge on any atom is -0.678 e. The van der Waals surface area contributed by atoms with Gasteiger partial charge in [-0.3, -0.25) is 4.79 Å². The second kappa shape index (κ2) is 13.0. The number of esters is 2. The monoisotopic (exact) mass is 632 g/mol. The van der Waals surface area contributed by atoms with Gasteiger partial charge < -0.3 is 35.2 Å². The van der Waals surface area contributed by atoms with Crippen molar-refractivity contribution in [1.82, 2.24) is 9.97 Å². The Morgan fingerprint density at radius 3 is 2.43 bits per heavy atom. The summed E-state index contributed by atoms with van der Waals surface area (Å²) in [6.45, 7) is 14.5. The van der Waals surface area contributed by atoms with E-state index in [2.05, 4.69) is 33.8 Å². The Balaban J connectivity index is 0.00000417. The summed E-state index contributed by atoms with van der Waals surface area (Å²) < 4.78 is 10.4. The first-order chi connectivity index (χ1) is 21.5. The molecule has 0 radical (unpaired) electrons. The maximum Gasteiger partial charge on any atom is 2.00 e. The van der Waals surface area contributed by atoms with E-state index in [1.54, 1.807) is 6.92 Å². The molecule has 6 rings (SSSR count). The van der Waals surface area contributed by atoms with Crippen LogP contribution in [0.5, 0.6) is 0 Å². The van der Waals surface area contributed by atoms with Gasteiger partial charge in [-0.25, -0.2) is 4.79 Å². The van der Waals surface area contributed by atoms with Crippen molar-refractivity contribution in [3.8, 4) is 0 Å². The van der Waals surface area contributed by atoms with Gasteiger partial charge in [0.25, 0.3) is 0 Å². The summed E-state index contributed by atoms with van der Waals surface area (Å²) in [5.41, 5.74) is 9.56. The number of aliphatic hydroxyl groups excluding tert-OH is 1. The predicted molar refractivity (Wildman–Crippen MR) is 178 cm³/mol. The molecule has 2 aromatic heterocycles. The number of methoxy groups -OCH3 is 1. The Morgan fingerprint density at radius 1 is 1.02 bits per heavy atom. The third-order valence-electron chi connectivity index (χ3n) is 9.90. The maximum atomic E-state index is 13.3. The average molecular weight is 633 g/mol. The largest absolute Gasteiger partial charge is 2.00 e. The molecule has 1 unspecified atom stereocenters. The number of nitrogens with zero attached hydrogens (tertiary/aromatic N) is 4. The Morgan fingerprint density at radius 2 is 1.76 bits per heavy atom. The molecule has 1 N–H and O–H groups in total. The summed E-state index contributed by atoms with van der Waals surface area (Å²) in [6, 6.07) is -0.0734. The first-order valence-corrected chi connectivity index (χ1v) is 15.8. The zero-order valence-electron chi connectivity index (χ0n) is 27.9. The van der Waals surface area contributed by atoms with Crippen molar-refractivity contribution in [2.24, 2.45) is 11.8 Å². The van der Waals surface area contributed by atoms with Gasteiger partial charge in [0.15, 0.2) is 0 Å². The van der Waals surface area contributed by atoms with E-state index in [0.29, 0.717) is 41.2 Å². The van der Waals surface area contributed by atoms with E-state index in [1.807, 2.05) is 26.0 Å². The van der Waals surface area contributed by atoms with Gasteiger partial charge in [-0.2, -0.15) is 5.70 Å². The number of hydrogen-bond acceptors (Lipinski definition) is 5. The summed E-state index contributed by atoms with van der Waals surface area (Å²) >= 11 is 0. The fourth-order valence-electron chi connectivity index (χ4n) is 7.06.